The number of imidazole rings is 1. The van der Waals surface area contributed by atoms with Crippen LogP contribution in [-0.2, 0) is 16.1 Å². The third-order valence-electron chi connectivity index (χ3n) is 5.29. The molecule has 1 fully saturated rings. The number of aromatic nitrogens is 2. The molecule has 1 unspecified atom stereocenters. The molecule has 4 rings (SSSR count). The number of carbonyl (C=O) groups is 2. The lowest BCUT2D eigenvalue weighted by atomic mass is 9.95. The summed E-state index contributed by atoms with van der Waals surface area (Å²) in [7, 11) is 0. The van der Waals surface area contributed by atoms with E-state index in [4.69, 9.17) is 23.2 Å². The van der Waals surface area contributed by atoms with Gasteiger partial charge in [-0.05, 0) is 48.4 Å². The molecule has 1 aliphatic heterocycles. The van der Waals surface area contributed by atoms with Crippen LogP contribution in [0.2, 0.25) is 10.0 Å². The lowest BCUT2D eigenvalue weighted by Gasteiger charge is -2.26. The van der Waals surface area contributed by atoms with Crippen LogP contribution in [-0.4, -0.2) is 37.8 Å². The molecule has 0 saturated carbocycles. The standard InChI is InChI=1S/C23H18Cl2FN3O3/c24-15-4-7-17(18(25)12-15)20-19(21(30)14-2-5-16(26)6-3-14)22(31)23(32)29(20)10-1-9-28-11-8-27-13-28/h2-8,11-13,20,30H,1,9-10H2. The maximum absolute atomic E-state index is 13.4. The number of hydrogen-bond acceptors (Lipinski definition) is 4. The number of carbonyl (C=O) groups excluding carboxylic acids is 2. The normalized spacial score (nSPS) is 17.8. The van der Waals surface area contributed by atoms with E-state index in [-0.39, 0.29) is 22.7 Å². The predicted molar refractivity (Wildman–Crippen MR) is 119 cm³/mol. The summed E-state index contributed by atoms with van der Waals surface area (Å²) in [5.74, 6) is -2.45. The fourth-order valence-electron chi connectivity index (χ4n) is 3.76. The zero-order valence-electron chi connectivity index (χ0n) is 16.7. The fourth-order valence-corrected chi connectivity index (χ4v) is 4.27. The van der Waals surface area contributed by atoms with E-state index in [2.05, 4.69) is 4.98 Å². The van der Waals surface area contributed by atoms with Crippen LogP contribution in [0.25, 0.3) is 5.76 Å². The fraction of sp³-hybridized carbons (Fsp3) is 0.174. The number of halogens is 3. The van der Waals surface area contributed by atoms with Gasteiger partial charge < -0.3 is 14.6 Å². The number of hydrogen-bond donors (Lipinski definition) is 1. The molecule has 2 aromatic carbocycles. The van der Waals surface area contributed by atoms with Gasteiger partial charge in [-0.1, -0.05) is 29.3 Å². The van der Waals surface area contributed by atoms with Gasteiger partial charge in [0, 0.05) is 41.1 Å². The molecular weight excluding hydrogens is 456 g/mol. The SMILES string of the molecule is O=C1C(=O)N(CCCn2ccnc2)C(c2ccc(Cl)cc2Cl)C1=C(O)c1ccc(F)cc1. The van der Waals surface area contributed by atoms with E-state index >= 15 is 0 Å². The number of likely N-dealkylation sites (tertiary alicyclic amines) is 1. The third-order valence-corrected chi connectivity index (χ3v) is 5.85. The summed E-state index contributed by atoms with van der Waals surface area (Å²) in [6.45, 7) is 0.828. The monoisotopic (exact) mass is 473 g/mol. The molecule has 1 aliphatic rings. The molecule has 0 aliphatic carbocycles. The van der Waals surface area contributed by atoms with Crippen molar-refractivity contribution in [2.75, 3.05) is 6.54 Å². The summed E-state index contributed by atoms with van der Waals surface area (Å²) >= 11 is 12.5. The number of aliphatic hydroxyl groups excluding tert-OH is 1. The molecule has 1 N–H and O–H groups in total. The Hall–Kier alpha value is -3.16. The zero-order chi connectivity index (χ0) is 22.8. The largest absolute Gasteiger partial charge is 0.507 e. The van der Waals surface area contributed by atoms with Gasteiger partial charge in [-0.2, -0.15) is 0 Å². The maximum Gasteiger partial charge on any atom is 0.295 e. The number of Topliss-reactive ketones (excluding diaryl/α,β-unsaturated/α-hetero) is 1. The summed E-state index contributed by atoms with van der Waals surface area (Å²) in [4.78, 5) is 31.3. The van der Waals surface area contributed by atoms with Crippen LogP contribution >= 0.6 is 23.2 Å². The molecule has 0 spiro atoms. The van der Waals surface area contributed by atoms with E-state index in [9.17, 15) is 19.1 Å². The lowest BCUT2D eigenvalue weighted by molar-refractivity contribution is -0.139. The first-order valence-corrected chi connectivity index (χ1v) is 10.6. The minimum Gasteiger partial charge on any atom is -0.507 e. The highest BCUT2D eigenvalue weighted by molar-refractivity contribution is 6.47. The number of benzene rings is 2. The molecule has 1 saturated heterocycles. The Kier molecular flexibility index (Phi) is 6.30. The van der Waals surface area contributed by atoms with Crippen molar-refractivity contribution >= 4 is 40.7 Å². The quantitative estimate of drug-likeness (QED) is 0.315. The van der Waals surface area contributed by atoms with Crippen LogP contribution in [0.4, 0.5) is 4.39 Å². The van der Waals surface area contributed by atoms with Crippen molar-refractivity contribution in [3.8, 4) is 0 Å². The van der Waals surface area contributed by atoms with Crippen LogP contribution < -0.4 is 0 Å². The number of aryl methyl sites for hydroxylation is 1. The second kappa shape index (κ2) is 9.14. The van der Waals surface area contributed by atoms with E-state index in [1.807, 2.05) is 4.57 Å². The van der Waals surface area contributed by atoms with E-state index in [1.54, 1.807) is 30.9 Å². The van der Waals surface area contributed by atoms with Crippen molar-refractivity contribution < 1.29 is 19.1 Å². The predicted octanol–water partition coefficient (Wildman–Crippen LogP) is 4.84. The Balaban J connectivity index is 1.76. The van der Waals surface area contributed by atoms with E-state index in [1.165, 1.54) is 35.2 Å². The molecule has 1 amide bonds. The highest BCUT2D eigenvalue weighted by Crippen LogP contribution is 2.42. The zero-order valence-corrected chi connectivity index (χ0v) is 18.2. The lowest BCUT2D eigenvalue weighted by Crippen LogP contribution is -2.31. The van der Waals surface area contributed by atoms with Crippen LogP contribution in [0.5, 0.6) is 0 Å². The molecule has 32 heavy (non-hydrogen) atoms. The molecule has 1 atom stereocenters. The molecule has 9 heteroatoms. The van der Waals surface area contributed by atoms with Gasteiger partial charge in [-0.15, -0.1) is 0 Å². The van der Waals surface area contributed by atoms with Crippen molar-refractivity contribution in [3.63, 3.8) is 0 Å². The molecule has 0 bridgehead atoms. The van der Waals surface area contributed by atoms with Crippen LogP contribution in [0.3, 0.4) is 0 Å². The molecule has 2 heterocycles. The molecule has 1 aromatic heterocycles. The summed E-state index contributed by atoms with van der Waals surface area (Å²) < 4.78 is 15.2. The molecule has 164 valence electrons. The van der Waals surface area contributed by atoms with E-state index < -0.39 is 29.3 Å². The van der Waals surface area contributed by atoms with Crippen molar-refractivity contribution in [1.29, 1.82) is 0 Å². The number of nitrogens with zero attached hydrogens (tertiary/aromatic N) is 3. The Morgan fingerprint density at radius 2 is 1.84 bits per heavy atom. The Labute approximate surface area is 193 Å². The number of aliphatic hydroxyl groups is 1. The van der Waals surface area contributed by atoms with Crippen LogP contribution in [0.1, 0.15) is 23.6 Å². The highest BCUT2D eigenvalue weighted by atomic mass is 35.5. The Morgan fingerprint density at radius 3 is 2.50 bits per heavy atom. The van der Waals surface area contributed by atoms with Crippen molar-refractivity contribution in [1.82, 2.24) is 14.5 Å². The second-order valence-electron chi connectivity index (χ2n) is 7.32. The van der Waals surface area contributed by atoms with Gasteiger partial charge in [0.2, 0.25) is 0 Å². The smallest absolute Gasteiger partial charge is 0.295 e. The molecule has 0 radical (unpaired) electrons. The minimum absolute atomic E-state index is 0.103. The van der Waals surface area contributed by atoms with Gasteiger partial charge in [-0.3, -0.25) is 9.59 Å². The Morgan fingerprint density at radius 1 is 1.09 bits per heavy atom. The van der Waals surface area contributed by atoms with Gasteiger partial charge in [0.25, 0.3) is 11.7 Å². The average Bonchev–Trinajstić information content (AvgIpc) is 3.36. The maximum atomic E-state index is 13.4. The average molecular weight is 474 g/mol. The van der Waals surface area contributed by atoms with Gasteiger partial charge >= 0.3 is 0 Å². The van der Waals surface area contributed by atoms with Gasteiger partial charge in [0.1, 0.15) is 11.6 Å². The topological polar surface area (TPSA) is 75.4 Å². The number of amides is 1. The Bertz CT molecular complexity index is 1190. The first-order chi connectivity index (χ1) is 15.4. The van der Waals surface area contributed by atoms with Gasteiger partial charge in [0.05, 0.1) is 17.9 Å². The summed E-state index contributed by atoms with van der Waals surface area (Å²) in [6.07, 6.45) is 5.66. The van der Waals surface area contributed by atoms with Crippen LogP contribution in [0.15, 0.2) is 66.8 Å². The van der Waals surface area contributed by atoms with Crippen LogP contribution in [0, 0.1) is 5.82 Å². The van der Waals surface area contributed by atoms with Gasteiger partial charge in [0.15, 0.2) is 0 Å². The third kappa shape index (κ3) is 4.26. The number of rotatable bonds is 6. The van der Waals surface area contributed by atoms with E-state index in [0.717, 1.165) is 0 Å². The van der Waals surface area contributed by atoms with Gasteiger partial charge in [-0.25, -0.2) is 9.37 Å². The van der Waals surface area contributed by atoms with Crippen molar-refractivity contribution in [2.45, 2.75) is 19.0 Å². The summed E-state index contributed by atoms with van der Waals surface area (Å²) in [6, 6.07) is 8.86. The summed E-state index contributed by atoms with van der Waals surface area (Å²) in [5.41, 5.74) is 0.577. The minimum atomic E-state index is -0.910. The second-order valence-corrected chi connectivity index (χ2v) is 8.16. The van der Waals surface area contributed by atoms with Crippen molar-refractivity contribution in [3.05, 3.63) is 93.7 Å². The molecule has 6 nitrogen and oxygen atoms in total. The molecule has 3 aromatic rings. The first kappa shape index (κ1) is 22.0. The number of ketones is 1. The van der Waals surface area contributed by atoms with E-state index in [0.29, 0.717) is 23.6 Å². The summed E-state index contributed by atoms with van der Waals surface area (Å²) in [5, 5.41) is 11.6. The molecular formula is C23H18Cl2FN3O3. The first-order valence-electron chi connectivity index (χ1n) is 9.82. The van der Waals surface area contributed by atoms with Crippen molar-refractivity contribution in [2.24, 2.45) is 0 Å². The highest BCUT2D eigenvalue weighted by Gasteiger charge is 2.46.